The molecule has 0 aromatic heterocycles. The SMILES string of the molecule is NC(CCC1CCCCC1)Cc1ccc(Cl)cc1Cl. The summed E-state index contributed by atoms with van der Waals surface area (Å²) in [6, 6.07) is 5.88. The van der Waals surface area contributed by atoms with Gasteiger partial charge < -0.3 is 5.73 Å². The minimum Gasteiger partial charge on any atom is -0.327 e. The van der Waals surface area contributed by atoms with E-state index in [0.717, 1.165) is 29.3 Å². The van der Waals surface area contributed by atoms with Gasteiger partial charge in [0.2, 0.25) is 0 Å². The first kappa shape index (κ1) is 15.2. The molecule has 1 fully saturated rings. The molecule has 1 aromatic rings. The first-order chi connectivity index (χ1) is 9.15. The number of rotatable bonds is 5. The molecule has 1 unspecified atom stereocenters. The Morgan fingerprint density at radius 1 is 1.16 bits per heavy atom. The van der Waals surface area contributed by atoms with Gasteiger partial charge in [0, 0.05) is 16.1 Å². The summed E-state index contributed by atoms with van der Waals surface area (Å²) in [6.07, 6.45) is 10.2. The average molecular weight is 300 g/mol. The standard InChI is InChI=1S/C16H23Cl2N/c17-14-8-7-13(16(18)11-14)10-15(19)9-6-12-4-2-1-3-5-12/h7-8,11-12,15H,1-6,9-10,19H2. The summed E-state index contributed by atoms with van der Waals surface area (Å²) >= 11 is 12.1. The highest BCUT2D eigenvalue weighted by Gasteiger charge is 2.15. The molecule has 0 aliphatic heterocycles. The van der Waals surface area contributed by atoms with Crippen LogP contribution in [0.25, 0.3) is 0 Å². The van der Waals surface area contributed by atoms with E-state index in [1.54, 1.807) is 6.07 Å². The maximum atomic E-state index is 6.24. The van der Waals surface area contributed by atoms with Crippen molar-refractivity contribution in [2.24, 2.45) is 11.7 Å². The van der Waals surface area contributed by atoms with E-state index in [0.29, 0.717) is 5.02 Å². The molecular formula is C16H23Cl2N. The molecule has 1 aliphatic rings. The van der Waals surface area contributed by atoms with Gasteiger partial charge in [0.1, 0.15) is 0 Å². The lowest BCUT2D eigenvalue weighted by atomic mass is 9.85. The Kier molecular flexibility index (Phi) is 6.00. The van der Waals surface area contributed by atoms with Gasteiger partial charge in [-0.3, -0.25) is 0 Å². The normalized spacial score (nSPS) is 18.5. The minimum atomic E-state index is 0.209. The molecule has 0 saturated heterocycles. The molecule has 0 amide bonds. The summed E-state index contributed by atoms with van der Waals surface area (Å²) in [4.78, 5) is 0. The highest BCUT2D eigenvalue weighted by Crippen LogP contribution is 2.28. The van der Waals surface area contributed by atoms with E-state index in [1.165, 1.54) is 38.5 Å². The summed E-state index contributed by atoms with van der Waals surface area (Å²) in [7, 11) is 0. The molecule has 1 saturated carbocycles. The molecule has 0 spiro atoms. The molecule has 0 heterocycles. The lowest BCUT2D eigenvalue weighted by molar-refractivity contribution is 0.323. The summed E-state index contributed by atoms with van der Waals surface area (Å²) < 4.78 is 0. The van der Waals surface area contributed by atoms with Crippen LogP contribution in [0.1, 0.15) is 50.5 Å². The van der Waals surface area contributed by atoms with Gasteiger partial charge in [-0.2, -0.15) is 0 Å². The summed E-state index contributed by atoms with van der Waals surface area (Å²) in [5.74, 6) is 0.903. The maximum absolute atomic E-state index is 6.24. The number of hydrogen-bond acceptors (Lipinski definition) is 1. The van der Waals surface area contributed by atoms with Gasteiger partial charge in [0.15, 0.2) is 0 Å². The Morgan fingerprint density at radius 2 is 1.89 bits per heavy atom. The average Bonchev–Trinajstić information content (AvgIpc) is 2.41. The van der Waals surface area contributed by atoms with Crippen LogP contribution < -0.4 is 5.73 Å². The second-order valence-electron chi connectivity index (χ2n) is 5.78. The molecule has 1 aliphatic carbocycles. The number of hydrogen-bond donors (Lipinski definition) is 1. The topological polar surface area (TPSA) is 26.0 Å². The second kappa shape index (κ2) is 7.52. The van der Waals surface area contributed by atoms with Gasteiger partial charge in [0.25, 0.3) is 0 Å². The van der Waals surface area contributed by atoms with Crippen molar-refractivity contribution < 1.29 is 0 Å². The monoisotopic (exact) mass is 299 g/mol. The van der Waals surface area contributed by atoms with Gasteiger partial charge in [-0.15, -0.1) is 0 Å². The number of nitrogens with two attached hydrogens (primary N) is 1. The zero-order chi connectivity index (χ0) is 13.7. The van der Waals surface area contributed by atoms with Crippen molar-refractivity contribution in [1.82, 2.24) is 0 Å². The third kappa shape index (κ3) is 4.98. The van der Waals surface area contributed by atoms with E-state index in [4.69, 9.17) is 28.9 Å². The van der Waals surface area contributed by atoms with Crippen molar-refractivity contribution in [2.75, 3.05) is 0 Å². The molecule has 2 N–H and O–H groups in total. The third-order valence-corrected chi connectivity index (χ3v) is 4.75. The highest BCUT2D eigenvalue weighted by atomic mass is 35.5. The predicted molar refractivity (Wildman–Crippen MR) is 84.0 cm³/mol. The van der Waals surface area contributed by atoms with Crippen molar-refractivity contribution in [3.05, 3.63) is 33.8 Å². The molecule has 1 nitrogen and oxygen atoms in total. The fourth-order valence-electron chi connectivity index (χ4n) is 3.00. The van der Waals surface area contributed by atoms with Crippen LogP contribution in [0.5, 0.6) is 0 Å². The van der Waals surface area contributed by atoms with E-state index in [-0.39, 0.29) is 6.04 Å². The van der Waals surface area contributed by atoms with Gasteiger partial charge in [-0.1, -0.05) is 61.4 Å². The Hall–Kier alpha value is -0.240. The van der Waals surface area contributed by atoms with Crippen molar-refractivity contribution in [3.8, 4) is 0 Å². The van der Waals surface area contributed by atoms with E-state index < -0.39 is 0 Å². The van der Waals surface area contributed by atoms with E-state index >= 15 is 0 Å². The Labute approximate surface area is 126 Å². The van der Waals surface area contributed by atoms with Crippen LogP contribution in [0.4, 0.5) is 0 Å². The molecule has 0 bridgehead atoms. The van der Waals surface area contributed by atoms with E-state index in [1.807, 2.05) is 12.1 Å². The Balaban J connectivity index is 1.78. The summed E-state index contributed by atoms with van der Waals surface area (Å²) in [6.45, 7) is 0. The zero-order valence-corrected chi connectivity index (χ0v) is 12.9. The molecule has 106 valence electrons. The third-order valence-electron chi connectivity index (χ3n) is 4.17. The molecule has 19 heavy (non-hydrogen) atoms. The van der Waals surface area contributed by atoms with Crippen LogP contribution in [-0.4, -0.2) is 6.04 Å². The second-order valence-corrected chi connectivity index (χ2v) is 6.62. The molecule has 2 rings (SSSR count). The lowest BCUT2D eigenvalue weighted by Crippen LogP contribution is -2.24. The van der Waals surface area contributed by atoms with E-state index in [2.05, 4.69) is 0 Å². The lowest BCUT2D eigenvalue weighted by Gasteiger charge is -2.23. The van der Waals surface area contributed by atoms with Crippen molar-refractivity contribution in [2.45, 2.75) is 57.4 Å². The van der Waals surface area contributed by atoms with Crippen molar-refractivity contribution in [1.29, 1.82) is 0 Å². The summed E-state index contributed by atoms with van der Waals surface area (Å²) in [5, 5.41) is 1.42. The van der Waals surface area contributed by atoms with Gasteiger partial charge in [-0.25, -0.2) is 0 Å². The predicted octanol–water partition coefficient (Wildman–Crippen LogP) is 5.22. The minimum absolute atomic E-state index is 0.209. The molecule has 3 heteroatoms. The van der Waals surface area contributed by atoms with Crippen LogP contribution in [0.15, 0.2) is 18.2 Å². The van der Waals surface area contributed by atoms with Crippen LogP contribution in [-0.2, 0) is 6.42 Å². The fraction of sp³-hybridized carbons (Fsp3) is 0.625. The largest absolute Gasteiger partial charge is 0.327 e. The van der Waals surface area contributed by atoms with Crippen molar-refractivity contribution in [3.63, 3.8) is 0 Å². The number of halogens is 2. The fourth-order valence-corrected chi connectivity index (χ4v) is 3.48. The van der Waals surface area contributed by atoms with Crippen molar-refractivity contribution >= 4 is 23.2 Å². The number of benzene rings is 1. The van der Waals surface area contributed by atoms with Gasteiger partial charge >= 0.3 is 0 Å². The maximum Gasteiger partial charge on any atom is 0.0453 e. The Morgan fingerprint density at radius 3 is 2.58 bits per heavy atom. The van der Waals surface area contributed by atoms with Crippen LogP contribution in [0.2, 0.25) is 10.0 Å². The molecule has 0 radical (unpaired) electrons. The van der Waals surface area contributed by atoms with E-state index in [9.17, 15) is 0 Å². The zero-order valence-electron chi connectivity index (χ0n) is 11.4. The van der Waals surface area contributed by atoms with Crippen LogP contribution in [0.3, 0.4) is 0 Å². The van der Waals surface area contributed by atoms with Crippen LogP contribution >= 0.6 is 23.2 Å². The quantitative estimate of drug-likeness (QED) is 0.792. The summed E-state index contributed by atoms with van der Waals surface area (Å²) in [5.41, 5.74) is 7.35. The highest BCUT2D eigenvalue weighted by molar-refractivity contribution is 6.35. The first-order valence-electron chi connectivity index (χ1n) is 7.34. The molecule has 1 atom stereocenters. The van der Waals surface area contributed by atoms with Gasteiger partial charge in [0.05, 0.1) is 0 Å². The van der Waals surface area contributed by atoms with Crippen LogP contribution in [0, 0.1) is 5.92 Å². The Bertz CT molecular complexity index is 400. The van der Waals surface area contributed by atoms with Gasteiger partial charge in [-0.05, 0) is 42.9 Å². The first-order valence-corrected chi connectivity index (χ1v) is 8.10. The molecular weight excluding hydrogens is 277 g/mol. The molecule has 1 aromatic carbocycles. The smallest absolute Gasteiger partial charge is 0.0453 e.